The molecule has 2 unspecified atom stereocenters. The summed E-state index contributed by atoms with van der Waals surface area (Å²) in [5.74, 6) is -0.746. The van der Waals surface area contributed by atoms with Gasteiger partial charge >= 0.3 is 0 Å². The first-order chi connectivity index (χ1) is 10.5. The van der Waals surface area contributed by atoms with Gasteiger partial charge in [-0.1, -0.05) is 25.5 Å². The van der Waals surface area contributed by atoms with E-state index in [0.717, 1.165) is 12.8 Å². The number of rotatable bonds is 5. The molecule has 0 spiro atoms. The highest BCUT2D eigenvalue weighted by Gasteiger charge is 2.38. The maximum atomic E-state index is 13.5. The number of hydrogen-bond donors (Lipinski definition) is 1. The molecule has 1 N–H and O–H groups in total. The zero-order chi connectivity index (χ0) is 16.1. The second kappa shape index (κ2) is 7.38. The largest absolute Gasteiger partial charge is 0.356 e. The quantitative estimate of drug-likeness (QED) is 0.850. The average Bonchev–Trinajstić information content (AvgIpc) is 2.50. The summed E-state index contributed by atoms with van der Waals surface area (Å²) >= 11 is 0. The molecule has 1 aliphatic heterocycles. The van der Waals surface area contributed by atoms with Crippen LogP contribution in [0, 0.1) is 11.7 Å². The molecule has 0 bridgehead atoms. The fourth-order valence-electron chi connectivity index (χ4n) is 2.98. The molecule has 1 saturated heterocycles. The summed E-state index contributed by atoms with van der Waals surface area (Å²) in [5.41, 5.74) is 0.672. The van der Waals surface area contributed by atoms with Crippen LogP contribution in [-0.4, -0.2) is 30.3 Å². The molecule has 1 fully saturated rings. The monoisotopic (exact) mass is 306 g/mol. The molecule has 1 aromatic rings. The maximum Gasteiger partial charge on any atom is 0.225 e. The summed E-state index contributed by atoms with van der Waals surface area (Å²) in [4.78, 5) is 26.0. The van der Waals surface area contributed by atoms with Gasteiger partial charge in [-0.25, -0.2) is 4.39 Å². The molecule has 4 nitrogen and oxygen atoms in total. The van der Waals surface area contributed by atoms with E-state index in [1.54, 1.807) is 24.1 Å². The molecule has 0 aromatic heterocycles. The predicted molar refractivity (Wildman–Crippen MR) is 82.6 cm³/mol. The van der Waals surface area contributed by atoms with Crippen molar-refractivity contribution in [2.45, 2.75) is 38.6 Å². The molecule has 0 radical (unpaired) electrons. The third-order valence-electron chi connectivity index (χ3n) is 4.22. The van der Waals surface area contributed by atoms with Gasteiger partial charge in [0.15, 0.2) is 0 Å². The Balaban J connectivity index is 2.22. The average molecular weight is 306 g/mol. The first-order valence-corrected chi connectivity index (χ1v) is 7.83. The topological polar surface area (TPSA) is 49.4 Å². The number of nitrogens with zero attached hydrogens (tertiary/aromatic N) is 1. The van der Waals surface area contributed by atoms with Crippen LogP contribution in [0.4, 0.5) is 4.39 Å². The zero-order valence-corrected chi connectivity index (χ0v) is 13.1. The molecule has 2 rings (SSSR count). The van der Waals surface area contributed by atoms with Crippen LogP contribution in [0.25, 0.3) is 0 Å². The zero-order valence-electron chi connectivity index (χ0n) is 13.1. The SMILES string of the molecule is CCCCNC(=O)C1CCC(=O)N(C)C1c1cccc(F)c1. The molecular weight excluding hydrogens is 283 g/mol. The summed E-state index contributed by atoms with van der Waals surface area (Å²) in [6, 6.07) is 5.76. The van der Waals surface area contributed by atoms with Crippen molar-refractivity contribution in [3.05, 3.63) is 35.6 Å². The molecule has 2 amide bonds. The van der Waals surface area contributed by atoms with Gasteiger partial charge in [-0.15, -0.1) is 0 Å². The van der Waals surface area contributed by atoms with Gasteiger partial charge in [0.1, 0.15) is 5.82 Å². The van der Waals surface area contributed by atoms with Crippen LogP contribution in [0.1, 0.15) is 44.2 Å². The Bertz CT molecular complexity index is 547. The number of benzene rings is 1. The lowest BCUT2D eigenvalue weighted by molar-refractivity contribution is -0.141. The van der Waals surface area contributed by atoms with Gasteiger partial charge in [-0.05, 0) is 30.5 Å². The second-order valence-corrected chi connectivity index (χ2v) is 5.79. The van der Waals surface area contributed by atoms with Gasteiger partial charge in [-0.2, -0.15) is 0 Å². The van der Waals surface area contributed by atoms with Gasteiger partial charge in [-0.3, -0.25) is 9.59 Å². The highest BCUT2D eigenvalue weighted by molar-refractivity contribution is 5.84. The van der Waals surface area contributed by atoms with Crippen LogP contribution in [0.2, 0.25) is 0 Å². The normalized spacial score (nSPS) is 21.8. The molecule has 1 aromatic carbocycles. The molecule has 22 heavy (non-hydrogen) atoms. The fourth-order valence-corrected chi connectivity index (χ4v) is 2.98. The van der Waals surface area contributed by atoms with Gasteiger partial charge in [0.25, 0.3) is 0 Å². The van der Waals surface area contributed by atoms with E-state index < -0.39 is 6.04 Å². The maximum absolute atomic E-state index is 13.5. The first-order valence-electron chi connectivity index (χ1n) is 7.83. The molecule has 1 heterocycles. The van der Waals surface area contributed by atoms with Crippen molar-refractivity contribution in [2.24, 2.45) is 5.92 Å². The number of unbranched alkanes of at least 4 members (excludes halogenated alkanes) is 1. The minimum absolute atomic E-state index is 0.00753. The van der Waals surface area contributed by atoms with Crippen molar-refractivity contribution < 1.29 is 14.0 Å². The van der Waals surface area contributed by atoms with E-state index in [2.05, 4.69) is 12.2 Å². The number of amides is 2. The fraction of sp³-hybridized carbons (Fsp3) is 0.529. The molecule has 0 saturated carbocycles. The number of carbonyl (C=O) groups is 2. The van der Waals surface area contributed by atoms with Crippen molar-refractivity contribution in [2.75, 3.05) is 13.6 Å². The molecule has 2 atom stereocenters. The minimum atomic E-state index is -0.404. The summed E-state index contributed by atoms with van der Waals surface area (Å²) in [7, 11) is 1.68. The number of piperidine rings is 1. The summed E-state index contributed by atoms with van der Waals surface area (Å²) in [6.45, 7) is 2.70. The predicted octanol–water partition coefficient (Wildman–Crippen LogP) is 2.65. The molecule has 1 aliphatic rings. The van der Waals surface area contributed by atoms with Gasteiger partial charge < -0.3 is 10.2 Å². The van der Waals surface area contributed by atoms with Crippen molar-refractivity contribution >= 4 is 11.8 Å². The van der Waals surface area contributed by atoms with Crippen molar-refractivity contribution in [1.82, 2.24) is 10.2 Å². The van der Waals surface area contributed by atoms with Crippen LogP contribution >= 0.6 is 0 Å². The second-order valence-electron chi connectivity index (χ2n) is 5.79. The first kappa shape index (κ1) is 16.5. The van der Waals surface area contributed by atoms with E-state index in [0.29, 0.717) is 24.9 Å². The smallest absolute Gasteiger partial charge is 0.225 e. The third kappa shape index (κ3) is 3.64. The molecule has 0 aliphatic carbocycles. The Kier molecular flexibility index (Phi) is 5.52. The number of likely N-dealkylation sites (tertiary alicyclic amines) is 1. The van der Waals surface area contributed by atoms with Crippen LogP contribution in [-0.2, 0) is 9.59 Å². The lowest BCUT2D eigenvalue weighted by Gasteiger charge is -2.38. The lowest BCUT2D eigenvalue weighted by atomic mass is 9.84. The van der Waals surface area contributed by atoms with Crippen LogP contribution in [0.15, 0.2) is 24.3 Å². The number of hydrogen-bond acceptors (Lipinski definition) is 2. The van der Waals surface area contributed by atoms with E-state index in [1.165, 1.54) is 12.1 Å². The standard InChI is InChI=1S/C17H23FN2O2/c1-3-4-10-19-17(22)14-8-9-15(21)20(2)16(14)12-6-5-7-13(18)11-12/h5-7,11,14,16H,3-4,8-10H2,1-2H3,(H,19,22). The van der Waals surface area contributed by atoms with Gasteiger partial charge in [0, 0.05) is 20.0 Å². The van der Waals surface area contributed by atoms with Crippen LogP contribution in [0.5, 0.6) is 0 Å². The highest BCUT2D eigenvalue weighted by Crippen LogP contribution is 2.36. The van der Waals surface area contributed by atoms with Crippen LogP contribution < -0.4 is 5.32 Å². The number of carbonyl (C=O) groups excluding carboxylic acids is 2. The van der Waals surface area contributed by atoms with E-state index >= 15 is 0 Å². The Labute approximate surface area is 130 Å². The van der Waals surface area contributed by atoms with Crippen molar-refractivity contribution in [3.8, 4) is 0 Å². The summed E-state index contributed by atoms with van der Waals surface area (Å²) < 4.78 is 13.5. The minimum Gasteiger partial charge on any atom is -0.356 e. The van der Waals surface area contributed by atoms with E-state index in [1.807, 2.05) is 0 Å². The Morgan fingerprint density at radius 3 is 2.91 bits per heavy atom. The third-order valence-corrected chi connectivity index (χ3v) is 4.22. The summed E-state index contributed by atoms with van der Waals surface area (Å²) in [6.07, 6.45) is 2.80. The molecule has 5 heteroatoms. The lowest BCUT2D eigenvalue weighted by Crippen LogP contribution is -2.46. The van der Waals surface area contributed by atoms with Gasteiger partial charge in [0.2, 0.25) is 11.8 Å². The Hall–Kier alpha value is -1.91. The van der Waals surface area contributed by atoms with Crippen molar-refractivity contribution in [1.29, 1.82) is 0 Å². The van der Waals surface area contributed by atoms with Gasteiger partial charge in [0.05, 0.1) is 12.0 Å². The number of halogens is 1. The molecular formula is C17H23FN2O2. The Morgan fingerprint density at radius 1 is 1.45 bits per heavy atom. The summed E-state index contributed by atoms with van der Waals surface area (Å²) in [5, 5.41) is 2.93. The Morgan fingerprint density at radius 2 is 2.23 bits per heavy atom. The number of nitrogens with one attached hydrogen (secondary N) is 1. The highest BCUT2D eigenvalue weighted by atomic mass is 19.1. The van der Waals surface area contributed by atoms with E-state index in [-0.39, 0.29) is 23.5 Å². The van der Waals surface area contributed by atoms with E-state index in [4.69, 9.17) is 0 Å². The van der Waals surface area contributed by atoms with Crippen molar-refractivity contribution in [3.63, 3.8) is 0 Å². The van der Waals surface area contributed by atoms with E-state index in [9.17, 15) is 14.0 Å². The molecule has 120 valence electrons. The van der Waals surface area contributed by atoms with Crippen LogP contribution in [0.3, 0.4) is 0 Å².